The number of nitrogens with zero attached hydrogens (tertiary/aromatic N) is 3. The van der Waals surface area contributed by atoms with E-state index in [0.717, 1.165) is 0 Å². The van der Waals surface area contributed by atoms with Crippen LogP contribution in [0.2, 0.25) is 0 Å². The van der Waals surface area contributed by atoms with Gasteiger partial charge in [-0.1, -0.05) is 25.9 Å². The lowest BCUT2D eigenvalue weighted by atomic mass is 9.89. The van der Waals surface area contributed by atoms with Crippen LogP contribution in [0.25, 0.3) is 10.4 Å². The van der Waals surface area contributed by atoms with Crippen molar-refractivity contribution in [1.82, 2.24) is 0 Å². The lowest BCUT2D eigenvalue weighted by Gasteiger charge is -2.23. The summed E-state index contributed by atoms with van der Waals surface area (Å²) in [4.78, 5) is 2.55. The Kier molecular flexibility index (Phi) is 3.19. The number of rotatable bonds is 2. The molecule has 58 valence electrons. The molecule has 0 aliphatic heterocycles. The van der Waals surface area contributed by atoms with Crippen LogP contribution in [-0.4, -0.2) is 17.8 Å². The summed E-state index contributed by atoms with van der Waals surface area (Å²) < 4.78 is 0. The van der Waals surface area contributed by atoms with E-state index < -0.39 is 6.10 Å². The fourth-order valence-electron chi connectivity index (χ4n) is 0.388. The summed E-state index contributed by atoms with van der Waals surface area (Å²) in [6, 6.07) is 0. The van der Waals surface area contributed by atoms with Crippen LogP contribution in [-0.2, 0) is 0 Å². The van der Waals surface area contributed by atoms with E-state index in [4.69, 9.17) is 5.53 Å². The van der Waals surface area contributed by atoms with Gasteiger partial charge in [-0.15, -0.1) is 0 Å². The third-order valence-electron chi connectivity index (χ3n) is 1.32. The molecule has 0 unspecified atom stereocenters. The topological polar surface area (TPSA) is 69.0 Å². The Labute approximate surface area is 60.5 Å². The molecule has 0 fully saturated rings. The summed E-state index contributed by atoms with van der Waals surface area (Å²) in [7, 11) is 0. The molecule has 10 heavy (non-hydrogen) atoms. The second-order valence-corrected chi connectivity index (χ2v) is 3.30. The van der Waals surface area contributed by atoms with Crippen molar-refractivity contribution in [2.45, 2.75) is 26.9 Å². The summed E-state index contributed by atoms with van der Waals surface area (Å²) >= 11 is 0. The SMILES string of the molecule is CC(C)(C)[C@H](O)CN=[N+]=[N-]. The van der Waals surface area contributed by atoms with Crippen molar-refractivity contribution in [3.63, 3.8) is 0 Å². The minimum absolute atomic E-state index is 0.153. The first-order valence-corrected chi connectivity index (χ1v) is 3.17. The van der Waals surface area contributed by atoms with Gasteiger partial charge in [0.2, 0.25) is 0 Å². The molecule has 0 aliphatic carbocycles. The minimum atomic E-state index is -0.552. The summed E-state index contributed by atoms with van der Waals surface area (Å²) in [5.74, 6) is 0. The molecule has 0 rings (SSSR count). The lowest BCUT2D eigenvalue weighted by Crippen LogP contribution is -2.28. The molecular formula is C6H13N3O. The summed E-state index contributed by atoms with van der Waals surface area (Å²) in [6.45, 7) is 5.83. The standard InChI is InChI=1S/C6H13N3O/c1-6(2,3)5(10)4-8-9-7/h5,10H,4H2,1-3H3/t5-/m1/s1. The highest BCUT2D eigenvalue weighted by atomic mass is 16.3. The van der Waals surface area contributed by atoms with E-state index in [1.54, 1.807) is 0 Å². The van der Waals surface area contributed by atoms with E-state index in [1.165, 1.54) is 0 Å². The fourth-order valence-corrected chi connectivity index (χ4v) is 0.388. The van der Waals surface area contributed by atoms with Gasteiger partial charge in [-0.25, -0.2) is 0 Å². The van der Waals surface area contributed by atoms with Gasteiger partial charge in [-0.2, -0.15) is 0 Å². The van der Waals surface area contributed by atoms with E-state index in [0.29, 0.717) is 0 Å². The summed E-state index contributed by atoms with van der Waals surface area (Å²) in [5, 5.41) is 12.5. The van der Waals surface area contributed by atoms with Gasteiger partial charge in [-0.05, 0) is 10.9 Å². The molecule has 4 nitrogen and oxygen atoms in total. The van der Waals surface area contributed by atoms with E-state index in [9.17, 15) is 5.11 Å². The first-order chi connectivity index (χ1) is 4.48. The average molecular weight is 143 g/mol. The van der Waals surface area contributed by atoms with Crippen molar-refractivity contribution in [1.29, 1.82) is 0 Å². The van der Waals surface area contributed by atoms with Crippen molar-refractivity contribution < 1.29 is 5.11 Å². The van der Waals surface area contributed by atoms with Crippen LogP contribution in [0.15, 0.2) is 5.11 Å². The molecule has 0 amide bonds. The maximum atomic E-state index is 9.25. The van der Waals surface area contributed by atoms with Crippen molar-refractivity contribution in [3.05, 3.63) is 10.4 Å². The average Bonchev–Trinajstić information content (AvgIpc) is 1.80. The summed E-state index contributed by atoms with van der Waals surface area (Å²) in [5.41, 5.74) is 7.73. The quantitative estimate of drug-likeness (QED) is 0.357. The Morgan fingerprint density at radius 1 is 1.60 bits per heavy atom. The largest absolute Gasteiger partial charge is 0.392 e. The first kappa shape index (κ1) is 9.27. The Balaban J connectivity index is 3.84. The Morgan fingerprint density at radius 2 is 2.10 bits per heavy atom. The normalized spacial score (nSPS) is 14.0. The van der Waals surface area contributed by atoms with Gasteiger partial charge in [0.1, 0.15) is 0 Å². The zero-order valence-corrected chi connectivity index (χ0v) is 6.57. The number of hydrogen-bond donors (Lipinski definition) is 1. The molecule has 0 saturated heterocycles. The van der Waals surface area contributed by atoms with Gasteiger partial charge in [0, 0.05) is 4.91 Å². The Bertz CT molecular complexity index is 144. The smallest absolute Gasteiger partial charge is 0.0644 e. The van der Waals surface area contributed by atoms with Gasteiger partial charge in [0.05, 0.1) is 12.6 Å². The van der Waals surface area contributed by atoms with Crippen LogP contribution in [0, 0.1) is 5.41 Å². The molecule has 0 radical (unpaired) electrons. The fraction of sp³-hybridized carbons (Fsp3) is 1.00. The molecule has 0 aromatic rings. The van der Waals surface area contributed by atoms with Crippen molar-refractivity contribution in [2.24, 2.45) is 10.5 Å². The molecule has 0 heterocycles. The van der Waals surface area contributed by atoms with Gasteiger partial charge < -0.3 is 5.11 Å². The van der Waals surface area contributed by atoms with Gasteiger partial charge in [-0.3, -0.25) is 0 Å². The number of azide groups is 1. The van der Waals surface area contributed by atoms with Crippen LogP contribution >= 0.6 is 0 Å². The predicted octanol–water partition coefficient (Wildman–Crippen LogP) is 1.70. The highest BCUT2D eigenvalue weighted by molar-refractivity contribution is 4.74. The van der Waals surface area contributed by atoms with E-state index >= 15 is 0 Å². The molecule has 0 aromatic heterocycles. The van der Waals surface area contributed by atoms with Gasteiger partial charge in [0.25, 0.3) is 0 Å². The zero-order chi connectivity index (χ0) is 8.20. The molecular weight excluding hydrogens is 130 g/mol. The molecule has 1 atom stereocenters. The van der Waals surface area contributed by atoms with Crippen LogP contribution in [0.3, 0.4) is 0 Å². The Morgan fingerprint density at radius 3 is 2.40 bits per heavy atom. The van der Waals surface area contributed by atoms with Crippen LogP contribution in [0.5, 0.6) is 0 Å². The van der Waals surface area contributed by atoms with Crippen molar-refractivity contribution in [3.8, 4) is 0 Å². The van der Waals surface area contributed by atoms with E-state index in [1.807, 2.05) is 20.8 Å². The maximum absolute atomic E-state index is 9.25. The monoisotopic (exact) mass is 143 g/mol. The second kappa shape index (κ2) is 3.44. The highest BCUT2D eigenvalue weighted by Crippen LogP contribution is 2.18. The van der Waals surface area contributed by atoms with E-state index in [2.05, 4.69) is 10.0 Å². The van der Waals surface area contributed by atoms with Crippen molar-refractivity contribution in [2.75, 3.05) is 6.54 Å². The molecule has 0 aromatic carbocycles. The molecule has 0 bridgehead atoms. The van der Waals surface area contributed by atoms with Crippen molar-refractivity contribution >= 4 is 0 Å². The number of hydrogen-bond acceptors (Lipinski definition) is 2. The third kappa shape index (κ3) is 3.33. The van der Waals surface area contributed by atoms with Gasteiger partial charge >= 0.3 is 0 Å². The molecule has 0 saturated carbocycles. The van der Waals surface area contributed by atoms with Crippen LogP contribution in [0.1, 0.15) is 20.8 Å². The van der Waals surface area contributed by atoms with Crippen LogP contribution in [0.4, 0.5) is 0 Å². The molecule has 1 N–H and O–H groups in total. The first-order valence-electron chi connectivity index (χ1n) is 3.17. The zero-order valence-electron chi connectivity index (χ0n) is 6.57. The van der Waals surface area contributed by atoms with E-state index in [-0.39, 0.29) is 12.0 Å². The maximum Gasteiger partial charge on any atom is 0.0644 e. The Hall–Kier alpha value is -0.730. The highest BCUT2D eigenvalue weighted by Gasteiger charge is 2.20. The predicted molar refractivity (Wildman–Crippen MR) is 39.5 cm³/mol. The lowest BCUT2D eigenvalue weighted by molar-refractivity contribution is 0.0710. The minimum Gasteiger partial charge on any atom is -0.392 e. The van der Waals surface area contributed by atoms with Gasteiger partial charge in [0.15, 0.2) is 0 Å². The molecule has 4 heteroatoms. The second-order valence-electron chi connectivity index (χ2n) is 3.30. The third-order valence-corrected chi connectivity index (χ3v) is 1.32. The molecule has 0 spiro atoms. The van der Waals surface area contributed by atoms with Crippen LogP contribution < -0.4 is 0 Å². The number of aliphatic hydroxyl groups excluding tert-OH is 1. The summed E-state index contributed by atoms with van der Waals surface area (Å²) in [6.07, 6.45) is -0.552. The molecule has 0 aliphatic rings. The number of aliphatic hydroxyl groups is 1.